The molecule has 1 unspecified atom stereocenters. The van der Waals surface area contributed by atoms with Gasteiger partial charge in [-0.05, 0) is 47.0 Å². The van der Waals surface area contributed by atoms with E-state index in [1.54, 1.807) is 0 Å². The molecule has 0 spiro atoms. The van der Waals surface area contributed by atoms with E-state index in [1.807, 2.05) is 19.9 Å². The second-order valence-corrected chi connectivity index (χ2v) is 8.24. The number of carbonyl (C=O) groups is 1. The molecule has 0 bridgehead atoms. The van der Waals surface area contributed by atoms with Crippen LogP contribution < -0.4 is 4.90 Å². The fourth-order valence-corrected chi connectivity index (χ4v) is 4.41. The first-order chi connectivity index (χ1) is 9.60. The summed E-state index contributed by atoms with van der Waals surface area (Å²) in [7, 11) is -4.57. The smallest absolute Gasteiger partial charge is 0.302 e. The van der Waals surface area contributed by atoms with E-state index in [1.165, 1.54) is 4.90 Å². The SMILES string of the molecule is Cc1cc(N2CC(CS(=O)(=O)F)CC2=O)c(Br)c(C)c1Br. The third-order valence-corrected chi connectivity index (χ3v) is 6.60. The Morgan fingerprint density at radius 1 is 1.33 bits per heavy atom. The molecule has 0 aliphatic carbocycles. The first-order valence-corrected chi connectivity index (χ1v) is 9.42. The van der Waals surface area contributed by atoms with Crippen molar-refractivity contribution in [1.82, 2.24) is 0 Å². The third kappa shape index (κ3) is 3.65. The first-order valence-electron chi connectivity index (χ1n) is 6.28. The fourth-order valence-electron chi connectivity index (χ4n) is 2.52. The van der Waals surface area contributed by atoms with Crippen molar-refractivity contribution >= 4 is 53.7 Å². The highest BCUT2D eigenvalue weighted by Gasteiger charge is 2.34. The quantitative estimate of drug-likeness (QED) is 0.673. The Balaban J connectivity index is 2.34. The van der Waals surface area contributed by atoms with E-state index >= 15 is 0 Å². The molecule has 4 nitrogen and oxygen atoms in total. The molecule has 1 aliphatic rings. The van der Waals surface area contributed by atoms with Crippen LogP contribution in [0, 0.1) is 19.8 Å². The summed E-state index contributed by atoms with van der Waals surface area (Å²) in [4.78, 5) is 13.6. The van der Waals surface area contributed by atoms with E-state index in [0.29, 0.717) is 5.69 Å². The molecule has 0 radical (unpaired) electrons. The molecule has 1 saturated heterocycles. The van der Waals surface area contributed by atoms with Gasteiger partial charge in [-0.2, -0.15) is 8.42 Å². The number of carbonyl (C=O) groups excluding carboxylic acids is 1. The molecular weight excluding hydrogens is 429 g/mol. The maximum Gasteiger partial charge on any atom is 0.302 e. The predicted molar refractivity (Wildman–Crippen MR) is 86.7 cm³/mol. The zero-order valence-electron chi connectivity index (χ0n) is 11.5. The lowest BCUT2D eigenvalue weighted by molar-refractivity contribution is -0.117. The molecule has 116 valence electrons. The van der Waals surface area contributed by atoms with Crippen molar-refractivity contribution in [2.45, 2.75) is 20.3 Å². The van der Waals surface area contributed by atoms with Crippen LogP contribution in [-0.2, 0) is 15.0 Å². The van der Waals surface area contributed by atoms with E-state index in [-0.39, 0.29) is 18.9 Å². The first kappa shape index (κ1) is 16.9. The van der Waals surface area contributed by atoms with Crippen molar-refractivity contribution in [1.29, 1.82) is 0 Å². The minimum atomic E-state index is -4.57. The van der Waals surface area contributed by atoms with Gasteiger partial charge in [0.25, 0.3) is 0 Å². The Bertz CT molecular complexity index is 706. The molecule has 1 fully saturated rings. The van der Waals surface area contributed by atoms with E-state index in [0.717, 1.165) is 20.1 Å². The van der Waals surface area contributed by atoms with Crippen molar-refractivity contribution < 1.29 is 17.1 Å². The zero-order chi connectivity index (χ0) is 15.9. The van der Waals surface area contributed by atoms with Gasteiger partial charge in [0.05, 0.1) is 11.4 Å². The average molecular weight is 443 g/mol. The Morgan fingerprint density at radius 2 is 1.95 bits per heavy atom. The van der Waals surface area contributed by atoms with Gasteiger partial charge in [0.2, 0.25) is 5.91 Å². The molecule has 21 heavy (non-hydrogen) atoms. The standard InChI is InChI=1S/C13H14Br2FNO3S/c1-7-3-10(13(15)8(2)12(7)14)17-5-9(4-11(17)18)6-21(16,19)20/h3,9H,4-6H2,1-2H3. The molecule has 0 saturated carbocycles. The van der Waals surface area contributed by atoms with Crippen LogP contribution in [0.2, 0.25) is 0 Å². The van der Waals surface area contributed by atoms with E-state index in [2.05, 4.69) is 31.9 Å². The van der Waals surface area contributed by atoms with Crippen molar-refractivity contribution in [2.75, 3.05) is 17.2 Å². The van der Waals surface area contributed by atoms with Crippen LogP contribution >= 0.6 is 31.9 Å². The largest absolute Gasteiger partial charge is 0.311 e. The van der Waals surface area contributed by atoms with Crippen LogP contribution in [0.3, 0.4) is 0 Å². The molecule has 1 aromatic rings. The van der Waals surface area contributed by atoms with Gasteiger partial charge < -0.3 is 4.90 Å². The van der Waals surface area contributed by atoms with Gasteiger partial charge in [-0.1, -0.05) is 15.9 Å². The van der Waals surface area contributed by atoms with Gasteiger partial charge in [0.1, 0.15) is 0 Å². The van der Waals surface area contributed by atoms with E-state index in [9.17, 15) is 17.1 Å². The Hall–Kier alpha value is -0.470. The highest BCUT2D eigenvalue weighted by atomic mass is 79.9. The molecule has 0 aromatic heterocycles. The number of halogens is 3. The van der Waals surface area contributed by atoms with Crippen LogP contribution in [0.5, 0.6) is 0 Å². The topological polar surface area (TPSA) is 54.5 Å². The van der Waals surface area contributed by atoms with Gasteiger partial charge in [0.15, 0.2) is 0 Å². The van der Waals surface area contributed by atoms with Crippen molar-refractivity contribution in [3.8, 4) is 0 Å². The van der Waals surface area contributed by atoms with Crippen LogP contribution in [0.25, 0.3) is 0 Å². The molecular formula is C13H14Br2FNO3S. The van der Waals surface area contributed by atoms with Crippen LogP contribution in [0.1, 0.15) is 17.5 Å². The lowest BCUT2D eigenvalue weighted by atomic mass is 10.1. The molecule has 1 heterocycles. The maximum absolute atomic E-state index is 12.8. The summed E-state index contributed by atoms with van der Waals surface area (Å²) in [6.07, 6.45) is 0.0454. The normalized spacial score (nSPS) is 19.4. The molecule has 1 atom stereocenters. The average Bonchev–Trinajstić information content (AvgIpc) is 2.69. The number of nitrogens with zero attached hydrogens (tertiary/aromatic N) is 1. The summed E-state index contributed by atoms with van der Waals surface area (Å²) in [6, 6.07) is 1.85. The Labute approximate surface area is 140 Å². The molecule has 2 rings (SSSR count). The number of benzene rings is 1. The molecule has 8 heteroatoms. The number of amides is 1. The number of aryl methyl sites for hydroxylation is 1. The van der Waals surface area contributed by atoms with Gasteiger partial charge in [-0.25, -0.2) is 0 Å². The highest BCUT2D eigenvalue weighted by molar-refractivity contribution is 9.11. The van der Waals surface area contributed by atoms with Gasteiger partial charge in [-0.15, -0.1) is 3.89 Å². The summed E-state index contributed by atoms with van der Waals surface area (Å²) < 4.78 is 36.0. The van der Waals surface area contributed by atoms with Crippen molar-refractivity contribution in [3.63, 3.8) is 0 Å². The summed E-state index contributed by atoms with van der Waals surface area (Å²) in [5, 5.41) is 0. The number of hydrogen-bond donors (Lipinski definition) is 0. The van der Waals surface area contributed by atoms with Crippen LogP contribution in [0.15, 0.2) is 15.0 Å². The number of anilines is 1. The maximum atomic E-state index is 12.8. The Kier molecular flexibility index (Phi) is 4.80. The van der Waals surface area contributed by atoms with Gasteiger partial charge >= 0.3 is 10.2 Å². The number of rotatable bonds is 3. The van der Waals surface area contributed by atoms with Gasteiger partial charge in [0, 0.05) is 27.8 Å². The van der Waals surface area contributed by atoms with Crippen LogP contribution in [0.4, 0.5) is 9.57 Å². The third-order valence-electron chi connectivity index (χ3n) is 3.51. The molecule has 0 N–H and O–H groups in total. The predicted octanol–water partition coefficient (Wildman–Crippen LogP) is 3.48. The minimum Gasteiger partial charge on any atom is -0.311 e. The van der Waals surface area contributed by atoms with E-state index < -0.39 is 21.9 Å². The monoisotopic (exact) mass is 441 g/mol. The van der Waals surface area contributed by atoms with Gasteiger partial charge in [-0.3, -0.25) is 4.79 Å². The molecule has 1 aromatic carbocycles. The molecule has 1 amide bonds. The second-order valence-electron chi connectivity index (χ2n) is 5.25. The number of hydrogen-bond acceptors (Lipinski definition) is 3. The van der Waals surface area contributed by atoms with E-state index in [4.69, 9.17) is 0 Å². The summed E-state index contributed by atoms with van der Waals surface area (Å²) in [6.45, 7) is 4.03. The van der Waals surface area contributed by atoms with Crippen molar-refractivity contribution in [3.05, 3.63) is 26.1 Å². The lowest BCUT2D eigenvalue weighted by Gasteiger charge is -2.21. The minimum absolute atomic E-state index is 0.0454. The summed E-state index contributed by atoms with van der Waals surface area (Å²) in [5.41, 5.74) is 2.62. The zero-order valence-corrected chi connectivity index (χ0v) is 15.5. The lowest BCUT2D eigenvalue weighted by Crippen LogP contribution is -2.26. The highest BCUT2D eigenvalue weighted by Crippen LogP contribution is 2.38. The summed E-state index contributed by atoms with van der Waals surface area (Å²) >= 11 is 6.94. The van der Waals surface area contributed by atoms with Crippen molar-refractivity contribution in [2.24, 2.45) is 5.92 Å². The van der Waals surface area contributed by atoms with Crippen LogP contribution in [-0.4, -0.2) is 26.6 Å². The fraction of sp³-hybridized carbons (Fsp3) is 0.462. The Morgan fingerprint density at radius 3 is 2.52 bits per heavy atom. The molecule has 1 aliphatic heterocycles. The second kappa shape index (κ2) is 5.96. The summed E-state index contributed by atoms with van der Waals surface area (Å²) in [5.74, 6) is -1.31.